The molecular formula is C20H23N5O3S2. The van der Waals surface area contributed by atoms with Crippen molar-refractivity contribution in [2.45, 2.75) is 32.1 Å². The number of thiazole rings is 1. The van der Waals surface area contributed by atoms with Gasteiger partial charge in [-0.25, -0.2) is 17.7 Å². The predicted octanol–water partition coefficient (Wildman–Crippen LogP) is 2.58. The Labute approximate surface area is 179 Å². The number of aryl methyl sites for hydroxylation is 1. The molecule has 30 heavy (non-hydrogen) atoms. The van der Waals surface area contributed by atoms with Gasteiger partial charge in [0.15, 0.2) is 0 Å². The van der Waals surface area contributed by atoms with Gasteiger partial charge in [-0.1, -0.05) is 23.5 Å². The summed E-state index contributed by atoms with van der Waals surface area (Å²) in [7, 11) is -3.30. The Morgan fingerprint density at radius 3 is 2.87 bits per heavy atom. The highest BCUT2D eigenvalue weighted by Crippen LogP contribution is 2.34. The number of sulfonamides is 1. The molecule has 1 saturated heterocycles. The maximum atomic E-state index is 13.1. The van der Waals surface area contributed by atoms with Crippen LogP contribution < -0.4 is 5.32 Å². The van der Waals surface area contributed by atoms with Crippen LogP contribution in [0.5, 0.6) is 0 Å². The van der Waals surface area contributed by atoms with Crippen molar-refractivity contribution in [2.75, 3.05) is 24.7 Å². The normalized spacial score (nSPS) is 19.8. The molecule has 2 aromatic heterocycles. The van der Waals surface area contributed by atoms with E-state index >= 15 is 0 Å². The topological polar surface area (TPSA) is 97.2 Å². The molecule has 1 aliphatic heterocycles. The van der Waals surface area contributed by atoms with Gasteiger partial charge in [0.1, 0.15) is 5.82 Å². The minimum absolute atomic E-state index is 0.152. The second kappa shape index (κ2) is 7.44. The molecule has 1 atom stereocenters. The zero-order valence-electron chi connectivity index (χ0n) is 16.7. The summed E-state index contributed by atoms with van der Waals surface area (Å²) in [6.07, 6.45) is 5.34. The second-order valence-electron chi connectivity index (χ2n) is 7.95. The average Bonchev–Trinajstić information content (AvgIpc) is 3.42. The molecule has 1 aromatic carbocycles. The summed E-state index contributed by atoms with van der Waals surface area (Å²) in [6, 6.07) is 7.92. The van der Waals surface area contributed by atoms with Crippen molar-refractivity contribution < 1.29 is 13.2 Å². The highest BCUT2D eigenvalue weighted by Gasteiger charge is 2.32. The third kappa shape index (κ3) is 3.52. The Balaban J connectivity index is 1.46. The minimum Gasteiger partial charge on any atom is -0.310 e. The number of fused-ring (bicyclic) bond motifs is 2. The molecule has 0 radical (unpaired) electrons. The third-order valence-corrected chi connectivity index (χ3v) is 8.12. The average molecular weight is 446 g/mol. The van der Waals surface area contributed by atoms with E-state index in [-0.39, 0.29) is 18.4 Å². The number of piperidine rings is 1. The first-order chi connectivity index (χ1) is 14.4. The van der Waals surface area contributed by atoms with Gasteiger partial charge >= 0.3 is 0 Å². The quantitative estimate of drug-likeness (QED) is 0.666. The van der Waals surface area contributed by atoms with Crippen LogP contribution in [0.1, 0.15) is 30.5 Å². The fourth-order valence-corrected chi connectivity index (χ4v) is 6.12. The van der Waals surface area contributed by atoms with E-state index in [4.69, 9.17) is 10.1 Å². The van der Waals surface area contributed by atoms with Crippen molar-refractivity contribution in [1.82, 2.24) is 19.1 Å². The lowest BCUT2D eigenvalue weighted by atomic mass is 9.99. The number of carbonyl (C=O) groups excluding carboxylic acids is 1. The number of rotatable bonds is 4. The number of hydrogen-bond acceptors (Lipinski definition) is 6. The first-order valence-electron chi connectivity index (χ1n) is 10.1. The summed E-state index contributed by atoms with van der Waals surface area (Å²) in [5, 5.41) is 8.56. The van der Waals surface area contributed by atoms with Crippen LogP contribution in [0, 0.1) is 5.92 Å². The molecule has 1 fully saturated rings. The fraction of sp³-hybridized carbons (Fsp3) is 0.450. The fourth-order valence-electron chi connectivity index (χ4n) is 4.29. The molecule has 0 spiro atoms. The van der Waals surface area contributed by atoms with Gasteiger partial charge in [0.05, 0.1) is 28.1 Å². The Morgan fingerprint density at radius 1 is 1.23 bits per heavy atom. The standard InChI is InChI=1S/C20H23N5O3S2/c1-30(27,28)24-11-5-6-13(12-24)19(26)22-18-14-7-4-9-15(14)23-25(18)20-21-16-8-2-3-10-17(16)29-20/h2-3,8,10,13H,4-7,9,11-12H2,1H3,(H,22,26). The van der Waals surface area contributed by atoms with Gasteiger partial charge in [0.25, 0.3) is 0 Å². The van der Waals surface area contributed by atoms with Gasteiger partial charge in [-0.2, -0.15) is 9.78 Å². The number of carbonyl (C=O) groups is 1. The smallest absolute Gasteiger partial charge is 0.229 e. The first kappa shape index (κ1) is 19.7. The number of anilines is 1. The number of nitrogens with one attached hydrogen (secondary N) is 1. The number of nitrogens with zero attached hydrogens (tertiary/aromatic N) is 4. The van der Waals surface area contributed by atoms with Gasteiger partial charge in [-0.15, -0.1) is 0 Å². The van der Waals surface area contributed by atoms with Crippen LogP contribution in [0.25, 0.3) is 15.3 Å². The minimum atomic E-state index is -3.30. The Bertz CT molecular complexity index is 1200. The molecule has 10 heteroatoms. The number of amides is 1. The third-order valence-electron chi connectivity index (χ3n) is 5.84. The SMILES string of the molecule is CS(=O)(=O)N1CCCC(C(=O)Nc2c3c(nn2-c2nc4ccccc4s2)CCC3)C1. The molecule has 1 unspecified atom stereocenters. The number of para-hydroxylation sites is 1. The van der Waals surface area contributed by atoms with Gasteiger partial charge in [-0.05, 0) is 44.2 Å². The molecule has 3 aromatic rings. The molecule has 8 nitrogen and oxygen atoms in total. The van der Waals surface area contributed by atoms with Crippen LogP contribution in [0.15, 0.2) is 24.3 Å². The molecule has 3 heterocycles. The number of hydrogen-bond donors (Lipinski definition) is 1. The van der Waals surface area contributed by atoms with Gasteiger partial charge in [0.2, 0.25) is 21.1 Å². The van der Waals surface area contributed by atoms with Crippen LogP contribution in [0.3, 0.4) is 0 Å². The lowest BCUT2D eigenvalue weighted by Crippen LogP contribution is -2.43. The van der Waals surface area contributed by atoms with Gasteiger partial charge < -0.3 is 5.32 Å². The van der Waals surface area contributed by atoms with E-state index in [1.807, 2.05) is 24.3 Å². The summed E-state index contributed by atoms with van der Waals surface area (Å²) in [4.78, 5) is 17.8. The molecule has 158 valence electrons. The number of aromatic nitrogens is 3. The van der Waals surface area contributed by atoms with E-state index in [1.54, 1.807) is 4.68 Å². The molecular weight excluding hydrogens is 422 g/mol. The maximum absolute atomic E-state index is 13.1. The Kier molecular flexibility index (Phi) is 4.87. The summed E-state index contributed by atoms with van der Waals surface area (Å²) in [6.45, 7) is 0.698. The lowest BCUT2D eigenvalue weighted by Gasteiger charge is -2.30. The first-order valence-corrected chi connectivity index (χ1v) is 12.8. The van der Waals surface area contributed by atoms with Crippen molar-refractivity contribution in [1.29, 1.82) is 0 Å². The molecule has 1 N–H and O–H groups in total. The predicted molar refractivity (Wildman–Crippen MR) is 117 cm³/mol. The monoisotopic (exact) mass is 445 g/mol. The summed E-state index contributed by atoms with van der Waals surface area (Å²) >= 11 is 1.54. The van der Waals surface area contributed by atoms with Crippen LogP contribution in [-0.4, -0.2) is 52.7 Å². The Morgan fingerprint density at radius 2 is 2.07 bits per heavy atom. The van der Waals surface area contributed by atoms with E-state index in [0.29, 0.717) is 25.2 Å². The van der Waals surface area contributed by atoms with Crippen LogP contribution >= 0.6 is 11.3 Å². The second-order valence-corrected chi connectivity index (χ2v) is 10.9. The van der Waals surface area contributed by atoms with Crippen molar-refractivity contribution >= 4 is 43.3 Å². The molecule has 0 saturated carbocycles. The van der Waals surface area contributed by atoms with Crippen molar-refractivity contribution in [3.63, 3.8) is 0 Å². The molecule has 2 aliphatic rings. The van der Waals surface area contributed by atoms with E-state index in [2.05, 4.69) is 5.32 Å². The largest absolute Gasteiger partial charge is 0.310 e. The Hall–Kier alpha value is -2.30. The number of benzene rings is 1. The molecule has 5 rings (SSSR count). The summed E-state index contributed by atoms with van der Waals surface area (Å²) < 4.78 is 28.1. The van der Waals surface area contributed by atoms with Crippen molar-refractivity contribution in [2.24, 2.45) is 5.92 Å². The highest BCUT2D eigenvalue weighted by molar-refractivity contribution is 7.88. The van der Waals surface area contributed by atoms with E-state index < -0.39 is 10.0 Å². The molecule has 1 amide bonds. The van der Waals surface area contributed by atoms with E-state index in [9.17, 15) is 13.2 Å². The molecule has 0 bridgehead atoms. The van der Waals surface area contributed by atoms with Crippen LogP contribution in [-0.2, 0) is 27.7 Å². The zero-order chi connectivity index (χ0) is 20.9. The lowest BCUT2D eigenvalue weighted by molar-refractivity contribution is -0.120. The van der Waals surface area contributed by atoms with Crippen molar-refractivity contribution in [3.05, 3.63) is 35.5 Å². The zero-order valence-corrected chi connectivity index (χ0v) is 18.3. The van der Waals surface area contributed by atoms with Crippen LogP contribution in [0.2, 0.25) is 0 Å². The van der Waals surface area contributed by atoms with E-state index in [1.165, 1.54) is 21.9 Å². The summed E-state index contributed by atoms with van der Waals surface area (Å²) in [5.74, 6) is 0.160. The highest BCUT2D eigenvalue weighted by atomic mass is 32.2. The van der Waals surface area contributed by atoms with Gasteiger partial charge in [-0.3, -0.25) is 4.79 Å². The maximum Gasteiger partial charge on any atom is 0.229 e. The van der Waals surface area contributed by atoms with E-state index in [0.717, 1.165) is 45.9 Å². The molecule has 1 aliphatic carbocycles. The summed E-state index contributed by atoms with van der Waals surface area (Å²) in [5.41, 5.74) is 2.98. The van der Waals surface area contributed by atoms with Crippen LogP contribution in [0.4, 0.5) is 5.82 Å². The van der Waals surface area contributed by atoms with Gasteiger partial charge in [0, 0.05) is 18.7 Å². The van der Waals surface area contributed by atoms with Crippen molar-refractivity contribution in [3.8, 4) is 5.13 Å².